The zero-order valence-electron chi connectivity index (χ0n) is 10.7. The Kier molecular flexibility index (Phi) is 4.67. The minimum Gasteiger partial charge on any atom is -0.508 e. The smallest absolute Gasteiger partial charge is 0.264 e. The number of phenolic OH excluding ortho intramolecular Hbond substituents is 1. The van der Waals surface area contributed by atoms with E-state index in [0.717, 1.165) is 11.1 Å². The molecule has 0 aliphatic heterocycles. The van der Waals surface area contributed by atoms with Crippen LogP contribution in [0.4, 0.5) is 0 Å². The molecule has 1 amide bonds. The van der Waals surface area contributed by atoms with Crippen molar-refractivity contribution in [1.82, 2.24) is 5.43 Å². The topological polar surface area (TPSA) is 61.7 Å². The third kappa shape index (κ3) is 4.42. The van der Waals surface area contributed by atoms with Crippen molar-refractivity contribution < 1.29 is 9.90 Å². The van der Waals surface area contributed by atoms with Gasteiger partial charge in [0.2, 0.25) is 0 Å². The fraction of sp³-hybridized carbons (Fsp3) is 0. The lowest BCUT2D eigenvalue weighted by Gasteiger charge is -1.95. The molecule has 0 saturated heterocycles. The summed E-state index contributed by atoms with van der Waals surface area (Å²) < 4.78 is 0. The molecule has 20 heavy (non-hydrogen) atoms. The summed E-state index contributed by atoms with van der Waals surface area (Å²) in [6.45, 7) is 0. The first-order valence-corrected chi connectivity index (χ1v) is 6.09. The van der Waals surface area contributed by atoms with Crippen LogP contribution in [0.25, 0.3) is 6.08 Å². The van der Waals surface area contributed by atoms with Gasteiger partial charge >= 0.3 is 0 Å². The van der Waals surface area contributed by atoms with Crippen molar-refractivity contribution in [3.05, 3.63) is 71.8 Å². The second-order valence-electron chi connectivity index (χ2n) is 4.07. The predicted molar refractivity (Wildman–Crippen MR) is 79.3 cm³/mol. The number of benzene rings is 2. The average molecular weight is 266 g/mol. The Morgan fingerprint density at radius 3 is 2.40 bits per heavy atom. The average Bonchev–Trinajstić information content (AvgIpc) is 2.48. The molecule has 4 heteroatoms. The zero-order valence-corrected chi connectivity index (χ0v) is 10.7. The van der Waals surface area contributed by atoms with E-state index in [9.17, 15) is 4.79 Å². The first-order chi connectivity index (χ1) is 9.74. The van der Waals surface area contributed by atoms with Crippen LogP contribution in [0.2, 0.25) is 0 Å². The lowest BCUT2D eigenvalue weighted by atomic mass is 10.2. The van der Waals surface area contributed by atoms with Crippen molar-refractivity contribution in [3.63, 3.8) is 0 Å². The van der Waals surface area contributed by atoms with Crippen LogP contribution in [0, 0.1) is 0 Å². The van der Waals surface area contributed by atoms with Crippen LogP contribution < -0.4 is 5.43 Å². The van der Waals surface area contributed by atoms with Gasteiger partial charge in [0.05, 0.1) is 6.21 Å². The highest BCUT2D eigenvalue weighted by Gasteiger charge is 1.92. The van der Waals surface area contributed by atoms with Gasteiger partial charge in [0.25, 0.3) is 5.91 Å². The fourth-order valence-electron chi connectivity index (χ4n) is 1.50. The third-order valence-electron chi connectivity index (χ3n) is 2.51. The summed E-state index contributed by atoms with van der Waals surface area (Å²) in [6, 6.07) is 16.0. The lowest BCUT2D eigenvalue weighted by molar-refractivity contribution is -0.116. The van der Waals surface area contributed by atoms with E-state index < -0.39 is 0 Å². The number of amides is 1. The molecule has 0 aromatic heterocycles. The molecule has 4 nitrogen and oxygen atoms in total. The van der Waals surface area contributed by atoms with Gasteiger partial charge in [-0.05, 0) is 41.5 Å². The van der Waals surface area contributed by atoms with Gasteiger partial charge in [-0.3, -0.25) is 4.79 Å². The Morgan fingerprint density at radius 1 is 1.00 bits per heavy atom. The number of nitrogens with one attached hydrogen (secondary N) is 1. The molecule has 0 radical (unpaired) electrons. The second kappa shape index (κ2) is 6.89. The van der Waals surface area contributed by atoms with Gasteiger partial charge < -0.3 is 5.11 Å². The molecule has 0 spiro atoms. The number of rotatable bonds is 4. The molecule has 0 bridgehead atoms. The minimum absolute atomic E-state index is 0.192. The molecule has 100 valence electrons. The van der Waals surface area contributed by atoms with Crippen molar-refractivity contribution in [2.75, 3.05) is 0 Å². The minimum atomic E-state index is -0.302. The first-order valence-electron chi connectivity index (χ1n) is 6.09. The van der Waals surface area contributed by atoms with E-state index in [4.69, 9.17) is 5.11 Å². The molecule has 2 rings (SSSR count). The highest BCUT2D eigenvalue weighted by molar-refractivity contribution is 5.92. The van der Waals surface area contributed by atoms with Crippen LogP contribution in [0.15, 0.2) is 65.8 Å². The predicted octanol–water partition coefficient (Wildman–Crippen LogP) is 2.56. The zero-order chi connectivity index (χ0) is 14.2. The molecule has 0 unspecified atom stereocenters. The molecule has 0 aliphatic rings. The number of hydrazone groups is 1. The van der Waals surface area contributed by atoms with Crippen LogP contribution in [0.1, 0.15) is 11.1 Å². The molecule has 2 aromatic carbocycles. The van der Waals surface area contributed by atoms with Gasteiger partial charge in [-0.15, -0.1) is 0 Å². The Hall–Kier alpha value is -2.88. The first kappa shape index (κ1) is 13.5. The number of hydrogen-bond acceptors (Lipinski definition) is 3. The standard InChI is InChI=1S/C16H14N2O2/c19-15-9-6-14(7-10-15)12-17-18-16(20)11-8-13-4-2-1-3-5-13/h1-12,19H,(H,18,20)/b11-8+,17-12?. The van der Waals surface area contributed by atoms with Crippen LogP contribution in [0.3, 0.4) is 0 Å². The van der Waals surface area contributed by atoms with Gasteiger partial charge in [0, 0.05) is 6.08 Å². The Balaban J connectivity index is 1.86. The Bertz CT molecular complexity index is 617. The molecule has 0 saturated carbocycles. The van der Waals surface area contributed by atoms with Crippen molar-refractivity contribution in [1.29, 1.82) is 0 Å². The maximum absolute atomic E-state index is 11.5. The number of phenols is 1. The molecule has 0 fully saturated rings. The quantitative estimate of drug-likeness (QED) is 0.507. The van der Waals surface area contributed by atoms with Crippen molar-refractivity contribution in [2.24, 2.45) is 5.10 Å². The summed E-state index contributed by atoms with van der Waals surface area (Å²) in [6.07, 6.45) is 4.64. The van der Waals surface area contributed by atoms with E-state index in [1.54, 1.807) is 30.3 Å². The van der Waals surface area contributed by atoms with Crippen LogP contribution in [0.5, 0.6) is 5.75 Å². The van der Waals surface area contributed by atoms with Crippen molar-refractivity contribution in [2.45, 2.75) is 0 Å². The third-order valence-corrected chi connectivity index (χ3v) is 2.51. The molecule has 0 aliphatic carbocycles. The van der Waals surface area contributed by atoms with Crippen LogP contribution in [-0.4, -0.2) is 17.2 Å². The van der Waals surface area contributed by atoms with Gasteiger partial charge in [-0.25, -0.2) is 5.43 Å². The fourth-order valence-corrected chi connectivity index (χ4v) is 1.50. The summed E-state index contributed by atoms with van der Waals surface area (Å²) in [5.41, 5.74) is 4.13. The number of nitrogens with zero attached hydrogens (tertiary/aromatic N) is 1. The number of carbonyl (C=O) groups excluding carboxylic acids is 1. The van der Waals surface area contributed by atoms with Crippen LogP contribution in [-0.2, 0) is 4.79 Å². The lowest BCUT2D eigenvalue weighted by Crippen LogP contribution is -2.14. The molecular weight excluding hydrogens is 252 g/mol. The molecule has 2 aromatic rings. The maximum Gasteiger partial charge on any atom is 0.264 e. The highest BCUT2D eigenvalue weighted by atomic mass is 16.3. The van der Waals surface area contributed by atoms with Crippen molar-refractivity contribution >= 4 is 18.2 Å². The monoisotopic (exact) mass is 266 g/mol. The van der Waals surface area contributed by atoms with Gasteiger partial charge in [-0.2, -0.15) is 5.10 Å². The van der Waals surface area contributed by atoms with E-state index in [2.05, 4.69) is 10.5 Å². The number of aromatic hydroxyl groups is 1. The SMILES string of the molecule is O=C(/C=C/c1ccccc1)NN=Cc1ccc(O)cc1. The maximum atomic E-state index is 11.5. The van der Waals surface area contributed by atoms with Gasteiger partial charge in [0.15, 0.2) is 0 Å². The molecule has 0 heterocycles. The summed E-state index contributed by atoms with van der Waals surface area (Å²) in [7, 11) is 0. The molecular formula is C16H14N2O2. The highest BCUT2D eigenvalue weighted by Crippen LogP contribution is 2.07. The van der Waals surface area contributed by atoms with Crippen LogP contribution >= 0.6 is 0 Å². The Labute approximate surface area is 117 Å². The molecule has 0 atom stereocenters. The van der Waals surface area contributed by atoms with E-state index in [1.807, 2.05) is 30.3 Å². The van der Waals surface area contributed by atoms with Crippen molar-refractivity contribution in [3.8, 4) is 5.75 Å². The molecule has 2 N–H and O–H groups in total. The number of hydrogen-bond donors (Lipinski definition) is 2. The second-order valence-corrected chi connectivity index (χ2v) is 4.07. The summed E-state index contributed by atoms with van der Waals surface area (Å²) in [5, 5.41) is 13.0. The largest absolute Gasteiger partial charge is 0.508 e. The summed E-state index contributed by atoms with van der Waals surface area (Å²) in [4.78, 5) is 11.5. The number of carbonyl (C=O) groups is 1. The van der Waals surface area contributed by atoms with E-state index in [1.165, 1.54) is 12.3 Å². The van der Waals surface area contributed by atoms with E-state index in [-0.39, 0.29) is 11.7 Å². The summed E-state index contributed by atoms with van der Waals surface area (Å²) >= 11 is 0. The van der Waals surface area contributed by atoms with Gasteiger partial charge in [-0.1, -0.05) is 30.3 Å². The normalized spacial score (nSPS) is 11.0. The van der Waals surface area contributed by atoms with E-state index >= 15 is 0 Å². The Morgan fingerprint density at radius 2 is 1.70 bits per heavy atom. The van der Waals surface area contributed by atoms with E-state index in [0.29, 0.717) is 0 Å². The summed E-state index contributed by atoms with van der Waals surface area (Å²) in [5.74, 6) is -0.110. The van der Waals surface area contributed by atoms with Gasteiger partial charge in [0.1, 0.15) is 5.75 Å².